The van der Waals surface area contributed by atoms with Gasteiger partial charge in [-0.25, -0.2) is 9.59 Å². The molecule has 3 N–H and O–H groups in total. The minimum absolute atomic E-state index is 0.101. The van der Waals surface area contributed by atoms with Crippen molar-refractivity contribution in [1.29, 1.82) is 0 Å². The Morgan fingerprint density at radius 2 is 1.59 bits per heavy atom. The van der Waals surface area contributed by atoms with Gasteiger partial charge in [0.1, 0.15) is 18.7 Å². The molecule has 2 aromatic rings. The molecule has 2 aromatic carbocycles. The second kappa shape index (κ2) is 11.7. The van der Waals surface area contributed by atoms with E-state index in [1.807, 2.05) is 55.5 Å². The van der Waals surface area contributed by atoms with Gasteiger partial charge in [0.05, 0.1) is 6.10 Å². The number of carbonyl (C=O) groups excluding carboxylic acids is 2. The Bertz CT molecular complexity index is 978. The zero-order chi connectivity index (χ0) is 24.7. The number of rotatable bonds is 11. The van der Waals surface area contributed by atoms with Crippen molar-refractivity contribution in [3.8, 4) is 11.1 Å². The predicted molar refractivity (Wildman–Crippen MR) is 128 cm³/mol. The van der Waals surface area contributed by atoms with E-state index in [4.69, 9.17) is 9.47 Å². The van der Waals surface area contributed by atoms with Gasteiger partial charge < -0.3 is 25.2 Å². The number of aliphatic carboxylic acids is 1. The Morgan fingerprint density at radius 3 is 2.12 bits per heavy atom. The molecule has 0 aliphatic heterocycles. The van der Waals surface area contributed by atoms with Crippen LogP contribution < -0.4 is 10.6 Å². The third-order valence-electron chi connectivity index (χ3n) is 6.20. The van der Waals surface area contributed by atoms with E-state index in [1.54, 1.807) is 6.92 Å². The first-order chi connectivity index (χ1) is 16.4. The first kappa shape index (κ1) is 25.2. The molecule has 0 fully saturated rings. The van der Waals surface area contributed by atoms with Gasteiger partial charge in [0.2, 0.25) is 5.91 Å². The second-order valence-electron chi connectivity index (χ2n) is 8.43. The largest absolute Gasteiger partial charge is 0.480 e. The number of methoxy groups -OCH3 is 1. The second-order valence-corrected chi connectivity index (χ2v) is 8.43. The first-order valence-corrected chi connectivity index (χ1v) is 11.5. The molecule has 8 nitrogen and oxygen atoms in total. The molecule has 0 heterocycles. The molecular weight excluding hydrogens is 436 g/mol. The maximum Gasteiger partial charge on any atom is 0.407 e. The lowest BCUT2D eigenvalue weighted by atomic mass is 9.98. The minimum Gasteiger partial charge on any atom is -0.480 e. The zero-order valence-electron chi connectivity index (χ0n) is 19.7. The lowest BCUT2D eigenvalue weighted by Crippen LogP contribution is -2.56. The third kappa shape index (κ3) is 5.75. The summed E-state index contributed by atoms with van der Waals surface area (Å²) in [6, 6.07) is 13.9. The van der Waals surface area contributed by atoms with E-state index >= 15 is 0 Å². The van der Waals surface area contributed by atoms with Crippen molar-refractivity contribution in [3.63, 3.8) is 0 Å². The molecular formula is C26H32N2O6. The summed E-state index contributed by atoms with van der Waals surface area (Å²) in [6.07, 6.45) is 0.292. The lowest BCUT2D eigenvalue weighted by molar-refractivity contribution is -0.142. The van der Waals surface area contributed by atoms with Gasteiger partial charge in [0, 0.05) is 13.0 Å². The Hall–Kier alpha value is -3.39. The van der Waals surface area contributed by atoms with Gasteiger partial charge in [-0.2, -0.15) is 0 Å². The highest BCUT2D eigenvalue weighted by Gasteiger charge is 2.32. The number of carboxylic acids is 1. The van der Waals surface area contributed by atoms with Crippen molar-refractivity contribution in [2.45, 2.75) is 57.2 Å². The number of fused-ring (bicyclic) bond motifs is 3. The van der Waals surface area contributed by atoms with Crippen molar-refractivity contribution in [2.24, 2.45) is 0 Å². The van der Waals surface area contributed by atoms with Crippen LogP contribution in [0.3, 0.4) is 0 Å². The van der Waals surface area contributed by atoms with E-state index in [9.17, 15) is 19.5 Å². The molecule has 8 heteroatoms. The molecule has 1 aliphatic rings. The van der Waals surface area contributed by atoms with E-state index < -0.39 is 36.2 Å². The average Bonchev–Trinajstić information content (AvgIpc) is 3.16. The predicted octanol–water partition coefficient (Wildman–Crippen LogP) is 3.69. The van der Waals surface area contributed by atoms with Crippen molar-refractivity contribution < 1.29 is 29.0 Å². The lowest BCUT2D eigenvalue weighted by Gasteiger charge is -2.25. The summed E-state index contributed by atoms with van der Waals surface area (Å²) in [6.45, 7) is 3.66. The standard InChI is InChI=1S/C26H32N2O6/c1-4-5-14-22(25(30)31)27-24(29)23(16(2)33-3)28-26(32)34-15-21-19-12-8-6-10-17(19)18-11-7-9-13-20(18)21/h6-13,16,21-23H,4-5,14-15H2,1-3H3,(H,27,29)(H,28,32)(H,30,31). The topological polar surface area (TPSA) is 114 Å². The SMILES string of the molecule is CCCCC(NC(=O)C(NC(=O)OCC1c2ccccc2-c2ccccc21)C(C)OC)C(=O)O. The van der Waals surface area contributed by atoms with E-state index in [0.29, 0.717) is 12.8 Å². The summed E-state index contributed by atoms with van der Waals surface area (Å²) >= 11 is 0. The Kier molecular flexibility index (Phi) is 8.65. The van der Waals surface area contributed by atoms with Crippen LogP contribution in [0, 0.1) is 0 Å². The highest BCUT2D eigenvalue weighted by molar-refractivity contribution is 5.89. The quantitative estimate of drug-likeness (QED) is 0.464. The highest BCUT2D eigenvalue weighted by atomic mass is 16.5. The monoisotopic (exact) mass is 468 g/mol. The van der Waals surface area contributed by atoms with Gasteiger partial charge in [-0.3, -0.25) is 4.79 Å². The summed E-state index contributed by atoms with van der Waals surface area (Å²) in [7, 11) is 1.41. The average molecular weight is 469 g/mol. The molecule has 3 atom stereocenters. The van der Waals surface area contributed by atoms with Crippen molar-refractivity contribution >= 4 is 18.0 Å². The molecule has 0 radical (unpaired) electrons. The fourth-order valence-corrected chi connectivity index (χ4v) is 4.23. The van der Waals surface area contributed by atoms with Crippen LogP contribution in [0.25, 0.3) is 11.1 Å². The number of hydrogen-bond donors (Lipinski definition) is 3. The van der Waals surface area contributed by atoms with Crippen molar-refractivity contribution in [2.75, 3.05) is 13.7 Å². The van der Waals surface area contributed by atoms with Gasteiger partial charge in [0.25, 0.3) is 0 Å². The number of carbonyl (C=O) groups is 3. The number of nitrogens with one attached hydrogen (secondary N) is 2. The van der Waals surface area contributed by atoms with Gasteiger partial charge >= 0.3 is 12.1 Å². The maximum absolute atomic E-state index is 12.8. The molecule has 0 spiro atoms. The first-order valence-electron chi connectivity index (χ1n) is 11.5. The van der Waals surface area contributed by atoms with Crippen LogP contribution in [-0.2, 0) is 19.1 Å². The van der Waals surface area contributed by atoms with E-state index in [2.05, 4.69) is 10.6 Å². The van der Waals surface area contributed by atoms with Crippen LogP contribution in [0.15, 0.2) is 48.5 Å². The summed E-state index contributed by atoms with van der Waals surface area (Å²) in [5.41, 5.74) is 4.39. The fraction of sp³-hybridized carbons (Fsp3) is 0.423. The molecule has 0 saturated carbocycles. The van der Waals surface area contributed by atoms with E-state index in [-0.39, 0.29) is 12.5 Å². The summed E-state index contributed by atoms with van der Waals surface area (Å²) in [5.74, 6) is -1.87. The normalized spacial score (nSPS) is 14.9. The number of carboxylic acid groups (broad SMARTS) is 1. The highest BCUT2D eigenvalue weighted by Crippen LogP contribution is 2.44. The molecule has 34 heavy (non-hydrogen) atoms. The number of unbranched alkanes of at least 4 members (excludes halogenated alkanes) is 1. The molecule has 1 aliphatic carbocycles. The number of amides is 2. The summed E-state index contributed by atoms with van der Waals surface area (Å²) in [4.78, 5) is 37.0. The molecule has 2 amide bonds. The van der Waals surface area contributed by atoms with Crippen LogP contribution in [-0.4, -0.2) is 55.0 Å². The van der Waals surface area contributed by atoms with E-state index in [0.717, 1.165) is 28.7 Å². The Morgan fingerprint density at radius 1 is 1.00 bits per heavy atom. The van der Waals surface area contributed by atoms with Crippen molar-refractivity contribution in [3.05, 3.63) is 59.7 Å². The molecule has 0 aromatic heterocycles. The molecule has 3 unspecified atom stereocenters. The molecule has 3 rings (SSSR count). The number of alkyl carbamates (subject to hydrolysis) is 1. The summed E-state index contributed by atoms with van der Waals surface area (Å²) < 4.78 is 10.8. The van der Waals surface area contributed by atoms with Gasteiger partial charge in [-0.15, -0.1) is 0 Å². The van der Waals surface area contributed by atoms with Gasteiger partial charge in [-0.05, 0) is 35.6 Å². The zero-order valence-corrected chi connectivity index (χ0v) is 19.7. The molecule has 0 saturated heterocycles. The van der Waals surface area contributed by atoms with Crippen LogP contribution in [0.1, 0.15) is 50.2 Å². The van der Waals surface area contributed by atoms with Crippen molar-refractivity contribution in [1.82, 2.24) is 10.6 Å². The minimum atomic E-state index is -1.12. The number of hydrogen-bond acceptors (Lipinski definition) is 5. The molecule has 182 valence electrons. The van der Waals surface area contributed by atoms with Crippen LogP contribution in [0.5, 0.6) is 0 Å². The van der Waals surface area contributed by atoms with Gasteiger partial charge in [0.15, 0.2) is 0 Å². The fourth-order valence-electron chi connectivity index (χ4n) is 4.23. The molecule has 0 bridgehead atoms. The van der Waals surface area contributed by atoms with E-state index in [1.165, 1.54) is 7.11 Å². The summed E-state index contributed by atoms with van der Waals surface area (Å²) in [5, 5.41) is 14.5. The number of ether oxygens (including phenoxy) is 2. The van der Waals surface area contributed by atoms with Crippen LogP contribution >= 0.6 is 0 Å². The van der Waals surface area contributed by atoms with Crippen LogP contribution in [0.2, 0.25) is 0 Å². The smallest absolute Gasteiger partial charge is 0.407 e. The third-order valence-corrected chi connectivity index (χ3v) is 6.20. The Balaban J connectivity index is 1.66. The maximum atomic E-state index is 12.8. The number of benzene rings is 2. The Labute approximate surface area is 199 Å². The van der Waals surface area contributed by atoms with Gasteiger partial charge in [-0.1, -0.05) is 68.3 Å². The van der Waals surface area contributed by atoms with Crippen LogP contribution in [0.4, 0.5) is 4.79 Å².